The van der Waals surface area contributed by atoms with Crippen molar-refractivity contribution in [3.05, 3.63) is 42.1 Å². The van der Waals surface area contributed by atoms with E-state index >= 15 is 0 Å². The fourth-order valence-electron chi connectivity index (χ4n) is 2.78. The largest absolute Gasteiger partial charge is 0.0608 e. The van der Waals surface area contributed by atoms with Gasteiger partial charge in [-0.2, -0.15) is 0 Å². The van der Waals surface area contributed by atoms with Gasteiger partial charge in [-0.15, -0.1) is 0 Å². The van der Waals surface area contributed by atoms with E-state index in [0.717, 1.165) is 6.42 Å². The Morgan fingerprint density at radius 2 is 2.11 bits per heavy atom. The lowest BCUT2D eigenvalue weighted by molar-refractivity contribution is 0.476. The number of rotatable bonds is 2. The summed E-state index contributed by atoms with van der Waals surface area (Å²) >= 11 is 4.93. The van der Waals surface area contributed by atoms with Crippen LogP contribution >= 0.6 is 45.2 Å². The zero-order valence-corrected chi connectivity index (χ0v) is 15.6. The maximum Gasteiger partial charge on any atom is -0.00600 e. The van der Waals surface area contributed by atoms with Crippen molar-refractivity contribution < 1.29 is 0 Å². The number of hydrogen-bond donors (Lipinski definition) is 0. The first-order chi connectivity index (χ1) is 8.44. The van der Waals surface area contributed by atoms with Gasteiger partial charge < -0.3 is 0 Å². The molecule has 2 rings (SSSR count). The van der Waals surface area contributed by atoms with Crippen molar-refractivity contribution in [1.82, 2.24) is 0 Å². The van der Waals surface area contributed by atoms with Crippen molar-refractivity contribution >= 4 is 45.2 Å². The summed E-state index contributed by atoms with van der Waals surface area (Å²) in [6, 6.07) is 0. The highest BCUT2D eigenvalue weighted by atomic mass is 127. The molecule has 0 bridgehead atoms. The van der Waals surface area contributed by atoms with Gasteiger partial charge >= 0.3 is 0 Å². The summed E-state index contributed by atoms with van der Waals surface area (Å²) in [5.74, 6) is 0. The standard InChI is InChI=1S/C16H20I2/c1-4-12(17)6-5-11-10-16(2,3)15-9-13(18)7-8-14(11)15/h5-6,9H,4,7-8,10H2,1-3H3/b11-5+,12-6+. The Labute approximate surface area is 138 Å². The molecular weight excluding hydrogens is 446 g/mol. The lowest BCUT2D eigenvalue weighted by Gasteiger charge is -2.22. The molecule has 0 fully saturated rings. The van der Waals surface area contributed by atoms with E-state index in [-0.39, 0.29) is 0 Å². The highest BCUT2D eigenvalue weighted by molar-refractivity contribution is 14.1. The molecule has 0 heterocycles. The summed E-state index contributed by atoms with van der Waals surface area (Å²) in [6.45, 7) is 6.97. The highest BCUT2D eigenvalue weighted by Crippen LogP contribution is 2.51. The maximum atomic E-state index is 2.49. The van der Waals surface area contributed by atoms with Gasteiger partial charge in [0.2, 0.25) is 0 Å². The topological polar surface area (TPSA) is 0 Å². The van der Waals surface area contributed by atoms with Crippen LogP contribution in [0.1, 0.15) is 46.5 Å². The predicted octanol–water partition coefficient (Wildman–Crippen LogP) is 6.48. The molecule has 0 saturated heterocycles. The molecule has 2 aliphatic carbocycles. The van der Waals surface area contributed by atoms with Gasteiger partial charge in [0, 0.05) is 0 Å². The monoisotopic (exact) mass is 466 g/mol. The zero-order valence-electron chi connectivity index (χ0n) is 11.3. The average Bonchev–Trinajstić information content (AvgIpc) is 2.58. The van der Waals surface area contributed by atoms with Crippen molar-refractivity contribution in [2.75, 3.05) is 0 Å². The molecule has 0 aromatic heterocycles. The van der Waals surface area contributed by atoms with Crippen molar-refractivity contribution in [3.63, 3.8) is 0 Å². The second-order valence-electron chi connectivity index (χ2n) is 5.70. The fourth-order valence-corrected chi connectivity index (χ4v) is 3.54. The second-order valence-corrected chi connectivity index (χ2v) is 8.47. The summed E-state index contributed by atoms with van der Waals surface area (Å²) in [6.07, 6.45) is 11.9. The van der Waals surface area contributed by atoms with Crippen LogP contribution in [0.25, 0.3) is 0 Å². The van der Waals surface area contributed by atoms with Crippen LogP contribution < -0.4 is 0 Å². The van der Waals surface area contributed by atoms with Crippen LogP contribution in [0.15, 0.2) is 42.1 Å². The summed E-state index contributed by atoms with van der Waals surface area (Å²) in [5.41, 5.74) is 5.10. The smallest absolute Gasteiger partial charge is 0.00600 e. The van der Waals surface area contributed by atoms with E-state index in [2.05, 4.69) is 84.2 Å². The molecule has 18 heavy (non-hydrogen) atoms. The third-order valence-corrected chi connectivity index (χ3v) is 5.77. The van der Waals surface area contributed by atoms with E-state index in [1.165, 1.54) is 26.4 Å². The van der Waals surface area contributed by atoms with Crippen LogP contribution in [-0.4, -0.2) is 0 Å². The first-order valence-electron chi connectivity index (χ1n) is 6.59. The van der Waals surface area contributed by atoms with Gasteiger partial charge in [0.05, 0.1) is 0 Å². The number of hydrogen-bond acceptors (Lipinski definition) is 0. The molecule has 0 saturated carbocycles. The van der Waals surface area contributed by atoms with Crippen LogP contribution in [0.5, 0.6) is 0 Å². The molecule has 0 radical (unpaired) electrons. The van der Waals surface area contributed by atoms with Gasteiger partial charge in [0.15, 0.2) is 0 Å². The Hall–Kier alpha value is 0.420. The number of halogens is 2. The minimum Gasteiger partial charge on any atom is -0.0608 e. The molecule has 0 N–H and O–H groups in total. The first kappa shape index (κ1) is 14.8. The molecule has 0 aromatic carbocycles. The SMILES string of the molecule is CC/C(I)=C\C=C1/CC(C)(C)C2=C1CCC(I)=C2. The van der Waals surface area contributed by atoms with Gasteiger partial charge in [0.25, 0.3) is 0 Å². The molecule has 98 valence electrons. The lowest BCUT2D eigenvalue weighted by atomic mass is 9.83. The summed E-state index contributed by atoms with van der Waals surface area (Å²) in [7, 11) is 0. The van der Waals surface area contributed by atoms with Crippen LogP contribution in [0.4, 0.5) is 0 Å². The average molecular weight is 466 g/mol. The molecule has 0 atom stereocenters. The molecule has 0 aliphatic heterocycles. The summed E-state index contributed by atoms with van der Waals surface area (Å²) in [4.78, 5) is 0. The minimum absolute atomic E-state index is 0.323. The van der Waals surface area contributed by atoms with Gasteiger partial charge in [-0.25, -0.2) is 0 Å². The molecular formula is C16H20I2. The summed E-state index contributed by atoms with van der Waals surface area (Å²) in [5, 5.41) is 0. The third kappa shape index (κ3) is 3.11. The Morgan fingerprint density at radius 3 is 2.78 bits per heavy atom. The second kappa shape index (κ2) is 5.81. The van der Waals surface area contributed by atoms with Gasteiger partial charge in [-0.05, 0) is 106 Å². The van der Waals surface area contributed by atoms with Crippen molar-refractivity contribution in [2.45, 2.75) is 46.5 Å². The van der Waals surface area contributed by atoms with E-state index in [4.69, 9.17) is 0 Å². The minimum atomic E-state index is 0.323. The van der Waals surface area contributed by atoms with E-state index in [1.807, 2.05) is 0 Å². The van der Waals surface area contributed by atoms with Crippen molar-refractivity contribution in [3.8, 4) is 0 Å². The number of allylic oxidation sites excluding steroid dienone is 8. The molecule has 0 unspecified atom stereocenters. The van der Waals surface area contributed by atoms with E-state index in [0.29, 0.717) is 5.41 Å². The van der Waals surface area contributed by atoms with Crippen LogP contribution in [0.2, 0.25) is 0 Å². The predicted molar refractivity (Wildman–Crippen MR) is 97.2 cm³/mol. The summed E-state index contributed by atoms with van der Waals surface area (Å²) < 4.78 is 2.95. The Morgan fingerprint density at radius 1 is 1.39 bits per heavy atom. The first-order valence-corrected chi connectivity index (χ1v) is 8.75. The van der Waals surface area contributed by atoms with Crippen LogP contribution in [0, 0.1) is 5.41 Å². The van der Waals surface area contributed by atoms with Crippen LogP contribution in [-0.2, 0) is 0 Å². The van der Waals surface area contributed by atoms with Gasteiger partial charge in [0.1, 0.15) is 0 Å². The van der Waals surface area contributed by atoms with Gasteiger partial charge in [-0.1, -0.05) is 32.9 Å². The Kier molecular flexibility index (Phi) is 4.79. The quantitative estimate of drug-likeness (QED) is 0.409. The van der Waals surface area contributed by atoms with E-state index in [1.54, 1.807) is 16.7 Å². The zero-order chi connectivity index (χ0) is 13.3. The van der Waals surface area contributed by atoms with Gasteiger partial charge in [-0.3, -0.25) is 0 Å². The third-order valence-electron chi connectivity index (χ3n) is 3.79. The fraction of sp³-hybridized carbons (Fsp3) is 0.500. The van der Waals surface area contributed by atoms with E-state index < -0.39 is 0 Å². The van der Waals surface area contributed by atoms with Crippen LogP contribution in [0.3, 0.4) is 0 Å². The van der Waals surface area contributed by atoms with Crippen molar-refractivity contribution in [2.24, 2.45) is 5.41 Å². The lowest BCUT2D eigenvalue weighted by Crippen LogP contribution is -2.09. The Balaban J connectivity index is 2.37. The highest BCUT2D eigenvalue weighted by Gasteiger charge is 2.35. The molecule has 2 heteroatoms. The molecule has 2 aliphatic rings. The molecule has 0 aromatic rings. The maximum absolute atomic E-state index is 2.49. The normalized spacial score (nSPS) is 25.5. The molecule has 0 nitrogen and oxygen atoms in total. The van der Waals surface area contributed by atoms with E-state index in [9.17, 15) is 0 Å². The van der Waals surface area contributed by atoms with Crippen molar-refractivity contribution in [1.29, 1.82) is 0 Å². The molecule has 0 spiro atoms. The Bertz CT molecular complexity index is 473. The molecule has 0 amide bonds.